The molecule has 22 heavy (non-hydrogen) atoms. The molecule has 0 fully saturated rings. The maximum atomic E-state index is 12.7. The lowest BCUT2D eigenvalue weighted by atomic mass is 10.1. The molecule has 0 saturated heterocycles. The van der Waals surface area contributed by atoms with Crippen LogP contribution in [0.3, 0.4) is 0 Å². The highest BCUT2D eigenvalue weighted by molar-refractivity contribution is 7.20. The molecule has 0 aliphatic carbocycles. The van der Waals surface area contributed by atoms with Gasteiger partial charge in [0.05, 0.1) is 10.9 Å². The number of carbonyl (C=O) groups excluding carboxylic acids is 1. The van der Waals surface area contributed by atoms with Gasteiger partial charge in [0.15, 0.2) is 0 Å². The fourth-order valence-electron chi connectivity index (χ4n) is 2.51. The molecule has 0 N–H and O–H groups in total. The molecule has 0 aliphatic heterocycles. The smallest absolute Gasteiger partial charge is 0.264 e. The second kappa shape index (κ2) is 5.93. The number of aryl methyl sites for hydroxylation is 1. The highest BCUT2D eigenvalue weighted by atomic mass is 32.1. The molecule has 1 heterocycles. The fraction of sp³-hybridized carbons (Fsp3) is 0.211. The molecule has 0 radical (unpaired) electrons. The number of thiophene rings is 1. The highest BCUT2D eigenvalue weighted by Crippen LogP contribution is 2.28. The zero-order valence-corrected chi connectivity index (χ0v) is 13.9. The summed E-state index contributed by atoms with van der Waals surface area (Å²) in [6.45, 7) is 4.14. The van der Waals surface area contributed by atoms with Gasteiger partial charge >= 0.3 is 0 Å². The molecule has 0 bridgehead atoms. The molecular formula is C19H19NOS. The summed E-state index contributed by atoms with van der Waals surface area (Å²) in [7, 11) is 1.87. The van der Waals surface area contributed by atoms with Crippen molar-refractivity contribution in [3.8, 4) is 0 Å². The Morgan fingerprint density at radius 1 is 1.09 bits per heavy atom. The van der Waals surface area contributed by atoms with E-state index in [-0.39, 0.29) is 11.9 Å². The summed E-state index contributed by atoms with van der Waals surface area (Å²) in [6.07, 6.45) is 0. The van der Waals surface area contributed by atoms with Crippen LogP contribution in [0, 0.1) is 6.92 Å². The topological polar surface area (TPSA) is 20.3 Å². The van der Waals surface area contributed by atoms with Gasteiger partial charge in [-0.25, -0.2) is 0 Å². The average molecular weight is 309 g/mol. The number of hydrogen-bond acceptors (Lipinski definition) is 2. The van der Waals surface area contributed by atoms with E-state index in [1.807, 2.05) is 36.2 Å². The molecule has 1 atom stereocenters. The fourth-order valence-corrected chi connectivity index (χ4v) is 3.55. The van der Waals surface area contributed by atoms with Crippen LogP contribution >= 0.6 is 11.3 Å². The van der Waals surface area contributed by atoms with Crippen LogP contribution in [0.25, 0.3) is 10.1 Å². The van der Waals surface area contributed by atoms with Gasteiger partial charge in [0.2, 0.25) is 0 Å². The van der Waals surface area contributed by atoms with Crippen LogP contribution in [-0.2, 0) is 0 Å². The third-order valence-electron chi connectivity index (χ3n) is 4.10. The minimum absolute atomic E-state index is 0.0540. The van der Waals surface area contributed by atoms with E-state index in [1.54, 1.807) is 11.3 Å². The molecule has 2 aromatic carbocycles. The molecule has 3 aromatic rings. The minimum atomic E-state index is 0.0540. The van der Waals surface area contributed by atoms with Crippen molar-refractivity contribution in [1.82, 2.24) is 4.90 Å². The molecule has 3 heteroatoms. The third-order valence-corrected chi connectivity index (χ3v) is 5.20. The zero-order valence-electron chi connectivity index (χ0n) is 13.0. The molecule has 1 aromatic heterocycles. The standard InChI is InChI=1S/C19H19NOS/c1-13-8-10-15(11-9-13)14(2)20(3)19(21)18-12-16-6-4-5-7-17(16)22-18/h4-12,14H,1-3H3. The second-order valence-corrected chi connectivity index (χ2v) is 6.73. The summed E-state index contributed by atoms with van der Waals surface area (Å²) in [4.78, 5) is 15.3. The van der Waals surface area contributed by atoms with Crippen LogP contribution in [0.15, 0.2) is 54.6 Å². The maximum Gasteiger partial charge on any atom is 0.264 e. The predicted octanol–water partition coefficient (Wildman–Crippen LogP) is 5.04. The summed E-state index contributed by atoms with van der Waals surface area (Å²) in [5, 5.41) is 1.13. The Balaban J connectivity index is 1.85. The van der Waals surface area contributed by atoms with Gasteiger partial charge in [-0.3, -0.25) is 4.79 Å². The molecule has 2 nitrogen and oxygen atoms in total. The van der Waals surface area contributed by atoms with E-state index in [0.29, 0.717) is 0 Å². The summed E-state index contributed by atoms with van der Waals surface area (Å²) < 4.78 is 1.15. The first-order chi connectivity index (χ1) is 10.6. The first kappa shape index (κ1) is 14.8. The molecule has 3 rings (SSSR count). The van der Waals surface area contributed by atoms with Gasteiger partial charge in [0, 0.05) is 11.7 Å². The van der Waals surface area contributed by atoms with Crippen molar-refractivity contribution in [2.24, 2.45) is 0 Å². The van der Waals surface area contributed by atoms with E-state index >= 15 is 0 Å². The van der Waals surface area contributed by atoms with Gasteiger partial charge < -0.3 is 4.90 Å². The number of fused-ring (bicyclic) bond motifs is 1. The molecule has 1 unspecified atom stereocenters. The number of carbonyl (C=O) groups is 1. The van der Waals surface area contributed by atoms with Crippen molar-refractivity contribution in [2.45, 2.75) is 19.9 Å². The lowest BCUT2D eigenvalue weighted by molar-refractivity contribution is 0.0747. The number of rotatable bonds is 3. The zero-order chi connectivity index (χ0) is 15.7. The Kier molecular flexibility index (Phi) is 3.99. The van der Waals surface area contributed by atoms with E-state index in [2.05, 4.69) is 44.2 Å². The minimum Gasteiger partial charge on any atom is -0.334 e. The normalized spacial score (nSPS) is 12.3. The summed E-state index contributed by atoms with van der Waals surface area (Å²) >= 11 is 1.56. The Labute approximate surface area is 135 Å². The number of amides is 1. The molecule has 0 spiro atoms. The lowest BCUT2D eigenvalue weighted by Crippen LogP contribution is -2.29. The Morgan fingerprint density at radius 2 is 1.77 bits per heavy atom. The van der Waals surface area contributed by atoms with Gasteiger partial charge in [-0.1, -0.05) is 48.0 Å². The van der Waals surface area contributed by atoms with E-state index in [0.717, 1.165) is 20.5 Å². The van der Waals surface area contributed by atoms with Crippen molar-refractivity contribution in [1.29, 1.82) is 0 Å². The van der Waals surface area contributed by atoms with Gasteiger partial charge in [-0.2, -0.15) is 0 Å². The van der Waals surface area contributed by atoms with Crippen molar-refractivity contribution in [3.63, 3.8) is 0 Å². The third kappa shape index (κ3) is 2.77. The Hall–Kier alpha value is -2.13. The lowest BCUT2D eigenvalue weighted by Gasteiger charge is -2.25. The van der Waals surface area contributed by atoms with Crippen LogP contribution in [0.2, 0.25) is 0 Å². The van der Waals surface area contributed by atoms with E-state index in [1.165, 1.54) is 5.56 Å². The Morgan fingerprint density at radius 3 is 2.45 bits per heavy atom. The van der Waals surface area contributed by atoms with Crippen molar-refractivity contribution in [3.05, 3.63) is 70.6 Å². The number of nitrogens with zero attached hydrogens (tertiary/aromatic N) is 1. The van der Waals surface area contributed by atoms with Gasteiger partial charge in [0.1, 0.15) is 0 Å². The maximum absolute atomic E-state index is 12.7. The van der Waals surface area contributed by atoms with Gasteiger partial charge in [0.25, 0.3) is 5.91 Å². The van der Waals surface area contributed by atoms with E-state index in [4.69, 9.17) is 0 Å². The first-order valence-corrected chi connectivity index (χ1v) is 8.20. The molecule has 0 aliphatic rings. The number of hydrogen-bond donors (Lipinski definition) is 0. The monoisotopic (exact) mass is 309 g/mol. The molecular weight excluding hydrogens is 290 g/mol. The molecule has 112 valence electrons. The van der Waals surface area contributed by atoms with Crippen LogP contribution in [-0.4, -0.2) is 17.9 Å². The largest absolute Gasteiger partial charge is 0.334 e. The van der Waals surface area contributed by atoms with Crippen molar-refractivity contribution in [2.75, 3.05) is 7.05 Å². The van der Waals surface area contributed by atoms with Gasteiger partial charge in [-0.15, -0.1) is 11.3 Å². The van der Waals surface area contributed by atoms with Crippen molar-refractivity contribution >= 4 is 27.3 Å². The van der Waals surface area contributed by atoms with E-state index < -0.39 is 0 Å². The van der Waals surface area contributed by atoms with Crippen LogP contribution < -0.4 is 0 Å². The van der Waals surface area contributed by atoms with E-state index in [9.17, 15) is 4.79 Å². The van der Waals surface area contributed by atoms with Gasteiger partial charge in [-0.05, 0) is 36.9 Å². The Bertz CT molecular complexity index is 771. The van der Waals surface area contributed by atoms with Crippen LogP contribution in [0.5, 0.6) is 0 Å². The summed E-state index contributed by atoms with van der Waals surface area (Å²) in [6, 6.07) is 18.5. The summed E-state index contributed by atoms with van der Waals surface area (Å²) in [5.74, 6) is 0.0780. The highest BCUT2D eigenvalue weighted by Gasteiger charge is 2.20. The quantitative estimate of drug-likeness (QED) is 0.663. The van der Waals surface area contributed by atoms with Crippen LogP contribution in [0.1, 0.15) is 33.8 Å². The second-order valence-electron chi connectivity index (χ2n) is 5.65. The predicted molar refractivity (Wildman–Crippen MR) is 93.5 cm³/mol. The number of benzene rings is 2. The first-order valence-electron chi connectivity index (χ1n) is 7.38. The SMILES string of the molecule is Cc1ccc(C(C)N(C)C(=O)c2cc3ccccc3s2)cc1. The average Bonchev–Trinajstić information content (AvgIpc) is 2.97. The molecule has 1 amide bonds. The van der Waals surface area contributed by atoms with Crippen molar-refractivity contribution < 1.29 is 4.79 Å². The van der Waals surface area contributed by atoms with Crippen LogP contribution in [0.4, 0.5) is 0 Å². The molecule has 0 saturated carbocycles. The summed E-state index contributed by atoms with van der Waals surface area (Å²) in [5.41, 5.74) is 2.39.